The Bertz CT molecular complexity index is 1680. The van der Waals surface area contributed by atoms with Gasteiger partial charge < -0.3 is 38.9 Å². The number of hydrogen-bond donors (Lipinski definition) is 2. The number of likely N-dealkylation sites (N-methyl/N-ethyl adjacent to an activating group) is 1. The Kier molecular flexibility index (Phi) is 14.3. The van der Waals surface area contributed by atoms with Gasteiger partial charge in [-0.25, -0.2) is 4.79 Å². The molecule has 2 N–H and O–H groups in total. The number of amides is 1. The van der Waals surface area contributed by atoms with Crippen LogP contribution in [-0.4, -0.2) is 83.8 Å². The third kappa shape index (κ3) is 8.80. The van der Waals surface area contributed by atoms with E-state index < -0.39 is 28.8 Å². The molecule has 1 heterocycles. The van der Waals surface area contributed by atoms with Crippen molar-refractivity contribution in [1.29, 1.82) is 0 Å². The van der Waals surface area contributed by atoms with E-state index in [0.717, 1.165) is 36.8 Å². The normalized spacial score (nSPS) is 24.6. The first-order valence-corrected chi connectivity index (χ1v) is 18.8. The summed E-state index contributed by atoms with van der Waals surface area (Å²) in [4.78, 5) is 31.8. The molecule has 0 radical (unpaired) electrons. The number of nitro groups is 1. The number of carbonyl (C=O) groups excluding carboxylic acids is 1. The lowest BCUT2D eigenvalue weighted by Crippen LogP contribution is -2.69. The predicted molar refractivity (Wildman–Crippen MR) is 203 cm³/mol. The van der Waals surface area contributed by atoms with Gasteiger partial charge in [-0.2, -0.15) is 0 Å². The highest BCUT2D eigenvalue weighted by Gasteiger charge is 2.65. The topological polar surface area (TPSA) is 162 Å². The van der Waals surface area contributed by atoms with Gasteiger partial charge in [0.2, 0.25) is 5.79 Å². The number of benzene rings is 2. The highest BCUT2D eigenvalue weighted by Crippen LogP contribution is 2.61. The predicted octanol–water partition coefficient (Wildman–Crippen LogP) is 7.08. The van der Waals surface area contributed by atoms with Gasteiger partial charge in [-0.05, 0) is 85.9 Å². The molecule has 5 rings (SSSR count). The van der Waals surface area contributed by atoms with E-state index in [-0.39, 0.29) is 62.9 Å². The first kappa shape index (κ1) is 40.5. The number of nitro benzene ring substituents is 1. The van der Waals surface area contributed by atoms with Gasteiger partial charge in [0.15, 0.2) is 0 Å². The van der Waals surface area contributed by atoms with E-state index >= 15 is 0 Å². The molecular formula is C41H53N3O10. The number of rotatable bonds is 20. The number of carbonyl (C=O) groups is 1. The molecule has 6 unspecified atom stereocenters. The number of fused-ring (bicyclic) bond motifs is 2. The van der Waals surface area contributed by atoms with Crippen LogP contribution >= 0.6 is 0 Å². The maximum absolute atomic E-state index is 13.6. The third-order valence-corrected chi connectivity index (χ3v) is 10.6. The summed E-state index contributed by atoms with van der Waals surface area (Å²) >= 11 is 0. The van der Waals surface area contributed by atoms with Gasteiger partial charge in [-0.3, -0.25) is 10.1 Å². The van der Waals surface area contributed by atoms with Crippen LogP contribution in [0, 0.1) is 27.9 Å². The van der Waals surface area contributed by atoms with E-state index in [4.69, 9.17) is 28.9 Å². The van der Waals surface area contributed by atoms with Gasteiger partial charge in [0, 0.05) is 50.3 Å². The van der Waals surface area contributed by atoms with Crippen molar-refractivity contribution in [3.05, 3.63) is 101 Å². The fourth-order valence-corrected chi connectivity index (χ4v) is 8.22. The number of non-ortho nitro benzene ring substituents is 1. The van der Waals surface area contributed by atoms with Crippen LogP contribution in [-0.2, 0) is 20.9 Å². The summed E-state index contributed by atoms with van der Waals surface area (Å²) in [6.07, 6.45) is 9.79. The SMILES string of the molecule is C=CCOc1ccc2c(c1)C1C(CCCCO)C(CCCCO)C=C3C(=NOCc4ccc([N+](=O)[O-])cc4)CC(N(C)C(=O)OCC)C(OCC=C)(O2)C31. The quantitative estimate of drug-likeness (QED) is 0.0620. The molecule has 0 saturated heterocycles. The zero-order chi connectivity index (χ0) is 38.7. The molecule has 0 spiro atoms. The lowest BCUT2D eigenvalue weighted by Gasteiger charge is -2.59. The molecule has 1 amide bonds. The minimum Gasteiger partial charge on any atom is -0.490 e. The summed E-state index contributed by atoms with van der Waals surface area (Å²) in [7, 11) is 1.67. The van der Waals surface area contributed by atoms with E-state index in [9.17, 15) is 25.1 Å². The fourth-order valence-electron chi connectivity index (χ4n) is 8.22. The standard InChI is InChI=1S/C41H53N3O10/c1-5-22-51-31-18-19-36-34(25-31)38-32(13-9-11-21-46)29(12-8-10-20-45)24-33-35(42-53-27-28-14-16-30(17-15-28)44(48)49)26-37(43(4)40(47)50-7-3)41(54-36,39(33)38)52-23-6-2/h5-6,14-19,24-25,29,32,37-39,45-46H,1-2,7-13,20-23,26-27H2,3-4H3. The van der Waals surface area contributed by atoms with Gasteiger partial charge in [0.25, 0.3) is 5.69 Å². The van der Waals surface area contributed by atoms with Crippen LogP contribution in [0.1, 0.15) is 68.9 Å². The smallest absolute Gasteiger partial charge is 0.409 e. The first-order valence-electron chi connectivity index (χ1n) is 18.8. The van der Waals surface area contributed by atoms with Crippen molar-refractivity contribution >= 4 is 17.5 Å². The van der Waals surface area contributed by atoms with Gasteiger partial charge in [0.1, 0.15) is 30.8 Å². The van der Waals surface area contributed by atoms with Crippen LogP contribution in [0.4, 0.5) is 10.5 Å². The van der Waals surface area contributed by atoms with Crippen molar-refractivity contribution in [2.24, 2.45) is 22.9 Å². The molecule has 13 heteroatoms. The van der Waals surface area contributed by atoms with Crippen LogP contribution in [0.25, 0.3) is 0 Å². The molecule has 2 aliphatic carbocycles. The van der Waals surface area contributed by atoms with Crippen molar-refractivity contribution < 1.29 is 43.7 Å². The summed E-state index contributed by atoms with van der Waals surface area (Å²) in [5, 5.41) is 35.5. The molecule has 6 atom stereocenters. The molecule has 0 aromatic heterocycles. The van der Waals surface area contributed by atoms with Crippen molar-refractivity contribution in [2.45, 2.75) is 76.2 Å². The molecule has 3 aliphatic rings. The average Bonchev–Trinajstić information content (AvgIpc) is 3.17. The summed E-state index contributed by atoms with van der Waals surface area (Å²) in [5.41, 5.74) is 3.13. The maximum Gasteiger partial charge on any atom is 0.409 e. The maximum atomic E-state index is 13.6. The van der Waals surface area contributed by atoms with Gasteiger partial charge in [-0.15, -0.1) is 6.58 Å². The molecule has 1 saturated carbocycles. The third-order valence-electron chi connectivity index (χ3n) is 10.6. The summed E-state index contributed by atoms with van der Waals surface area (Å²) in [6.45, 7) is 10.4. The number of nitrogens with zero attached hydrogens (tertiary/aromatic N) is 3. The number of oxime groups is 1. The number of aliphatic hydroxyl groups excluding tert-OH is 2. The molecule has 54 heavy (non-hydrogen) atoms. The monoisotopic (exact) mass is 747 g/mol. The summed E-state index contributed by atoms with van der Waals surface area (Å²) in [5.74, 6) is -0.688. The molecule has 1 aliphatic heterocycles. The fraction of sp³-hybridized carbons (Fsp3) is 0.512. The van der Waals surface area contributed by atoms with Crippen LogP contribution in [0.15, 0.2) is 84.6 Å². The molecule has 292 valence electrons. The Morgan fingerprint density at radius 1 is 1.07 bits per heavy atom. The number of ether oxygens (including phenoxy) is 4. The Hall–Kier alpha value is -4.72. The van der Waals surface area contributed by atoms with Gasteiger partial charge in [-0.1, -0.05) is 42.8 Å². The number of aliphatic hydroxyl groups is 2. The number of allylic oxidation sites excluding steroid dienone is 1. The molecule has 2 aromatic carbocycles. The zero-order valence-electron chi connectivity index (χ0n) is 31.3. The van der Waals surface area contributed by atoms with Crippen molar-refractivity contribution in [2.75, 3.05) is 40.1 Å². The van der Waals surface area contributed by atoms with Crippen molar-refractivity contribution in [1.82, 2.24) is 4.90 Å². The lowest BCUT2D eigenvalue weighted by atomic mass is 9.55. The molecular weight excluding hydrogens is 694 g/mol. The van der Waals surface area contributed by atoms with E-state index in [1.165, 1.54) is 17.0 Å². The second-order valence-corrected chi connectivity index (χ2v) is 13.9. The zero-order valence-corrected chi connectivity index (χ0v) is 31.3. The van der Waals surface area contributed by atoms with E-state index in [1.54, 1.807) is 38.3 Å². The molecule has 0 bridgehead atoms. The average molecular weight is 748 g/mol. The molecule has 13 nitrogen and oxygen atoms in total. The molecule has 2 aromatic rings. The van der Waals surface area contributed by atoms with Gasteiger partial charge in [0.05, 0.1) is 29.8 Å². The summed E-state index contributed by atoms with van der Waals surface area (Å²) in [6, 6.07) is 11.2. The Balaban J connectivity index is 1.71. The molecule has 1 fully saturated rings. The van der Waals surface area contributed by atoms with Crippen molar-refractivity contribution in [3.8, 4) is 11.5 Å². The van der Waals surface area contributed by atoms with Crippen molar-refractivity contribution in [3.63, 3.8) is 0 Å². The van der Waals surface area contributed by atoms with Gasteiger partial charge >= 0.3 is 6.09 Å². The number of unbranched alkanes of at least 4 members (excludes halogenated alkanes) is 2. The highest BCUT2D eigenvalue weighted by atomic mass is 16.7. The van der Waals surface area contributed by atoms with Crippen LogP contribution < -0.4 is 9.47 Å². The summed E-state index contributed by atoms with van der Waals surface area (Å²) < 4.78 is 25.5. The highest BCUT2D eigenvalue weighted by molar-refractivity contribution is 6.02. The van der Waals surface area contributed by atoms with E-state index in [0.29, 0.717) is 42.2 Å². The number of hydrogen-bond acceptors (Lipinski definition) is 11. The Labute approximate surface area is 317 Å². The van der Waals surface area contributed by atoms with Crippen LogP contribution in [0.2, 0.25) is 0 Å². The van der Waals surface area contributed by atoms with E-state index in [2.05, 4.69) is 19.2 Å². The Morgan fingerprint density at radius 3 is 2.46 bits per heavy atom. The largest absolute Gasteiger partial charge is 0.490 e. The Morgan fingerprint density at radius 2 is 1.80 bits per heavy atom. The minimum atomic E-state index is -1.40. The first-order chi connectivity index (χ1) is 26.2. The lowest BCUT2D eigenvalue weighted by molar-refractivity contribution is -0.384. The van der Waals surface area contributed by atoms with Crippen LogP contribution in [0.5, 0.6) is 11.5 Å². The van der Waals surface area contributed by atoms with Crippen LogP contribution in [0.3, 0.4) is 0 Å². The second-order valence-electron chi connectivity index (χ2n) is 13.9. The minimum absolute atomic E-state index is 0.0205. The second kappa shape index (κ2) is 19.0. The van der Waals surface area contributed by atoms with E-state index in [1.807, 2.05) is 18.2 Å².